The zero-order chi connectivity index (χ0) is 19.4. The van der Waals surface area contributed by atoms with Gasteiger partial charge in [-0.25, -0.2) is 0 Å². The van der Waals surface area contributed by atoms with Crippen LogP contribution in [0.15, 0.2) is 0 Å². The van der Waals surface area contributed by atoms with Crippen LogP contribution < -0.4 is 32.7 Å². The quantitative estimate of drug-likeness (QED) is 0.113. The van der Waals surface area contributed by atoms with Gasteiger partial charge in [0.2, 0.25) is 0 Å². The molecule has 9 heteroatoms. The van der Waals surface area contributed by atoms with Gasteiger partial charge < -0.3 is 21.6 Å². The van der Waals surface area contributed by atoms with Crippen molar-refractivity contribution in [3.05, 3.63) is 0 Å². The Morgan fingerprint density at radius 2 is 1.60 bits per heavy atom. The van der Waals surface area contributed by atoms with Gasteiger partial charge in [-0.05, 0) is 47.1 Å². The summed E-state index contributed by atoms with van der Waals surface area (Å²) in [4.78, 5) is 34.2. The molecule has 9 nitrogen and oxygen atoms in total. The fraction of sp³-hybridized carbons (Fsp3) is 0.812. The Labute approximate surface area is 150 Å². The Bertz CT molecular complexity index is 419. The largest absolute Gasteiger partial charge is 0.305 e. The molecular formula is C16H34N6O3. The highest BCUT2D eigenvalue weighted by molar-refractivity contribution is 5.81. The van der Waals surface area contributed by atoms with Gasteiger partial charge in [0.05, 0.1) is 24.3 Å². The first-order valence-electron chi connectivity index (χ1n) is 8.63. The Balaban J connectivity index is 4.61. The van der Waals surface area contributed by atoms with E-state index in [2.05, 4.69) is 21.3 Å². The van der Waals surface area contributed by atoms with Crippen LogP contribution in [0.3, 0.4) is 0 Å². The van der Waals surface area contributed by atoms with Crippen LogP contribution in [0.4, 0.5) is 0 Å². The summed E-state index contributed by atoms with van der Waals surface area (Å²) in [5, 5.41) is 12.3. The first-order chi connectivity index (χ1) is 11.7. The molecule has 0 aliphatic heterocycles. The molecule has 0 heterocycles. The third kappa shape index (κ3) is 11.9. The van der Waals surface area contributed by atoms with E-state index in [9.17, 15) is 14.4 Å². The molecule has 0 saturated carbocycles. The second-order valence-electron chi connectivity index (χ2n) is 6.32. The fourth-order valence-electron chi connectivity index (χ4n) is 2.06. The summed E-state index contributed by atoms with van der Waals surface area (Å²) in [6.07, 6.45) is 1.24. The lowest BCUT2D eigenvalue weighted by atomic mass is 10.1. The molecule has 0 aromatic carbocycles. The number of Topliss-reactive ketones (excluding diaryl/α,β-unsaturated/α-hetero) is 2. The van der Waals surface area contributed by atoms with Crippen LogP contribution in [0.25, 0.3) is 0 Å². The summed E-state index contributed by atoms with van der Waals surface area (Å²) in [5.41, 5.74) is 10.8. The van der Waals surface area contributed by atoms with E-state index in [4.69, 9.17) is 11.5 Å². The van der Waals surface area contributed by atoms with E-state index in [1.165, 1.54) is 13.8 Å². The topological polar surface area (TPSA) is 151 Å². The van der Waals surface area contributed by atoms with Crippen molar-refractivity contribution in [3.63, 3.8) is 0 Å². The maximum Gasteiger partial charge on any atom is 0.146 e. The van der Waals surface area contributed by atoms with Gasteiger partial charge in [-0.3, -0.25) is 25.5 Å². The summed E-state index contributed by atoms with van der Waals surface area (Å²) in [5.74, 6) is 0.0182. The maximum absolute atomic E-state index is 11.5. The van der Waals surface area contributed by atoms with Gasteiger partial charge in [0.15, 0.2) is 0 Å². The Morgan fingerprint density at radius 3 is 2.08 bits per heavy atom. The summed E-state index contributed by atoms with van der Waals surface area (Å²) in [6.45, 7) is 7.54. The molecule has 0 rings (SSSR count). The number of nitrogens with two attached hydrogens (primary N) is 2. The average molecular weight is 358 g/mol. The van der Waals surface area contributed by atoms with Crippen LogP contribution in [-0.2, 0) is 14.4 Å². The lowest BCUT2D eigenvalue weighted by Crippen LogP contribution is -2.58. The minimum Gasteiger partial charge on any atom is -0.305 e. The van der Waals surface area contributed by atoms with Crippen molar-refractivity contribution in [1.29, 1.82) is 0 Å². The van der Waals surface area contributed by atoms with Gasteiger partial charge in [-0.1, -0.05) is 0 Å². The molecule has 0 aliphatic carbocycles. The Kier molecular flexibility index (Phi) is 12.4. The number of hydrogen-bond donors (Lipinski definition) is 6. The first kappa shape index (κ1) is 23.8. The van der Waals surface area contributed by atoms with E-state index in [0.29, 0.717) is 25.9 Å². The van der Waals surface area contributed by atoms with E-state index < -0.39 is 6.29 Å². The number of hydrogen-bond acceptors (Lipinski definition) is 9. The van der Waals surface area contributed by atoms with Crippen molar-refractivity contribution in [2.75, 3.05) is 13.1 Å². The van der Waals surface area contributed by atoms with Crippen LogP contribution in [-0.4, -0.2) is 61.5 Å². The lowest BCUT2D eigenvalue weighted by Gasteiger charge is -2.27. The summed E-state index contributed by atoms with van der Waals surface area (Å²) >= 11 is 0. The minimum absolute atomic E-state index is 0.00444. The van der Waals surface area contributed by atoms with Crippen molar-refractivity contribution in [1.82, 2.24) is 21.3 Å². The van der Waals surface area contributed by atoms with Crippen LogP contribution in [0.5, 0.6) is 0 Å². The Morgan fingerprint density at radius 1 is 1.00 bits per heavy atom. The summed E-state index contributed by atoms with van der Waals surface area (Å²) in [6, 6.07) is -1.05. The van der Waals surface area contributed by atoms with Crippen LogP contribution in [0.2, 0.25) is 0 Å². The van der Waals surface area contributed by atoms with Gasteiger partial charge in [-0.15, -0.1) is 0 Å². The highest BCUT2D eigenvalue weighted by atomic mass is 16.1. The lowest BCUT2D eigenvalue weighted by molar-refractivity contribution is -0.120. The Hall–Kier alpha value is -1.23. The maximum atomic E-state index is 11.5. The zero-order valence-electron chi connectivity index (χ0n) is 15.7. The molecule has 8 N–H and O–H groups in total. The monoisotopic (exact) mass is 358 g/mol. The standard InChI is InChI=1S/C16H34N6O3/c1-10(12(3)24)20-8-15(21-11(2)13(4)25)22-14(9-23)6-5-7-19-16(17)18/h9-11,14-16,19-22H,5-8,17-18H2,1-4H3/t10-,11-,14-,15?/m0/s1. The van der Waals surface area contributed by atoms with E-state index >= 15 is 0 Å². The second-order valence-corrected chi connectivity index (χ2v) is 6.32. The number of carbonyl (C=O) groups excluding carboxylic acids is 3. The van der Waals surface area contributed by atoms with E-state index in [0.717, 1.165) is 6.29 Å². The molecule has 0 amide bonds. The van der Waals surface area contributed by atoms with Crippen molar-refractivity contribution in [2.45, 2.75) is 71.1 Å². The van der Waals surface area contributed by atoms with Crippen molar-refractivity contribution in [3.8, 4) is 0 Å². The number of nitrogens with one attached hydrogen (secondary N) is 4. The normalized spacial score (nSPS) is 16.3. The fourth-order valence-corrected chi connectivity index (χ4v) is 2.06. The average Bonchev–Trinajstić information content (AvgIpc) is 2.53. The van der Waals surface area contributed by atoms with Crippen LogP contribution in [0.1, 0.15) is 40.5 Å². The molecule has 0 bridgehead atoms. The molecule has 0 aromatic rings. The molecule has 0 saturated heterocycles. The van der Waals surface area contributed by atoms with Gasteiger partial charge in [0.25, 0.3) is 0 Å². The summed E-state index contributed by atoms with van der Waals surface area (Å²) < 4.78 is 0. The summed E-state index contributed by atoms with van der Waals surface area (Å²) in [7, 11) is 0. The molecule has 146 valence electrons. The van der Waals surface area contributed by atoms with Crippen molar-refractivity contribution in [2.24, 2.45) is 11.5 Å². The number of ketones is 2. The van der Waals surface area contributed by atoms with Crippen LogP contribution in [0, 0.1) is 0 Å². The predicted octanol–water partition coefficient (Wildman–Crippen LogP) is -1.83. The van der Waals surface area contributed by atoms with Gasteiger partial charge in [0, 0.05) is 6.54 Å². The second kappa shape index (κ2) is 13.0. The highest BCUT2D eigenvalue weighted by Gasteiger charge is 2.19. The molecule has 0 fully saturated rings. The predicted molar refractivity (Wildman–Crippen MR) is 97.6 cm³/mol. The van der Waals surface area contributed by atoms with E-state index in [1.807, 2.05) is 0 Å². The SMILES string of the molecule is CC(=O)[C@H](C)NCC(N[C@H](C=O)CCCNC(N)N)N[C@@H](C)C(C)=O. The molecule has 0 radical (unpaired) electrons. The molecule has 4 atom stereocenters. The number of aldehydes is 1. The third-order valence-electron chi connectivity index (χ3n) is 3.95. The molecule has 0 aromatic heterocycles. The number of rotatable bonds is 15. The van der Waals surface area contributed by atoms with Crippen LogP contribution >= 0.6 is 0 Å². The van der Waals surface area contributed by atoms with Crippen molar-refractivity contribution >= 4 is 17.9 Å². The van der Waals surface area contributed by atoms with Gasteiger partial charge in [0.1, 0.15) is 24.1 Å². The third-order valence-corrected chi connectivity index (χ3v) is 3.95. The van der Waals surface area contributed by atoms with Gasteiger partial charge >= 0.3 is 0 Å². The smallest absolute Gasteiger partial charge is 0.146 e. The number of carbonyl (C=O) groups is 3. The molecule has 0 aliphatic rings. The van der Waals surface area contributed by atoms with Gasteiger partial charge in [-0.2, -0.15) is 0 Å². The molecule has 25 heavy (non-hydrogen) atoms. The molecular weight excluding hydrogens is 324 g/mol. The highest BCUT2D eigenvalue weighted by Crippen LogP contribution is 1.97. The van der Waals surface area contributed by atoms with E-state index in [1.54, 1.807) is 13.8 Å². The van der Waals surface area contributed by atoms with Crippen molar-refractivity contribution < 1.29 is 14.4 Å². The minimum atomic E-state index is -0.578. The molecule has 1 unspecified atom stereocenters. The first-order valence-corrected chi connectivity index (χ1v) is 8.63. The van der Waals surface area contributed by atoms with E-state index in [-0.39, 0.29) is 35.9 Å². The molecule has 0 spiro atoms. The zero-order valence-corrected chi connectivity index (χ0v) is 15.7.